The summed E-state index contributed by atoms with van der Waals surface area (Å²) < 4.78 is 27.4. The van der Waals surface area contributed by atoms with Crippen molar-refractivity contribution in [3.05, 3.63) is 33.4 Å². The number of aryl methyl sites for hydroxylation is 2. The van der Waals surface area contributed by atoms with Gasteiger partial charge in [0.25, 0.3) is 5.69 Å². The zero-order valence-corrected chi connectivity index (χ0v) is 15.5. The molecule has 0 bridgehead atoms. The second-order valence-corrected chi connectivity index (χ2v) is 9.10. The van der Waals surface area contributed by atoms with Crippen molar-refractivity contribution in [1.82, 2.24) is 9.62 Å². The minimum atomic E-state index is -3.71. The van der Waals surface area contributed by atoms with Gasteiger partial charge >= 0.3 is 0 Å². The number of nitro benzene ring substituents is 1. The van der Waals surface area contributed by atoms with Crippen LogP contribution in [0, 0.1) is 29.9 Å². The molecule has 25 heavy (non-hydrogen) atoms. The summed E-state index contributed by atoms with van der Waals surface area (Å²) in [4.78, 5) is 10.7. The maximum Gasteiger partial charge on any atom is 0.273 e. The van der Waals surface area contributed by atoms with Gasteiger partial charge in [-0.25, -0.2) is 8.42 Å². The van der Waals surface area contributed by atoms with Gasteiger partial charge in [0.05, 0.1) is 9.82 Å². The zero-order valence-electron chi connectivity index (χ0n) is 14.7. The summed E-state index contributed by atoms with van der Waals surface area (Å²) in [7, 11) is -3.71. The number of piperidine rings is 1. The Morgan fingerprint density at radius 3 is 2.36 bits per heavy atom. The molecule has 0 unspecified atom stereocenters. The Hall–Kier alpha value is -1.51. The first kappa shape index (κ1) is 18.3. The molecule has 2 fully saturated rings. The van der Waals surface area contributed by atoms with Crippen molar-refractivity contribution < 1.29 is 13.3 Å². The molecule has 0 amide bonds. The van der Waals surface area contributed by atoms with Crippen molar-refractivity contribution in [2.24, 2.45) is 5.92 Å². The Labute approximate surface area is 148 Å². The van der Waals surface area contributed by atoms with Crippen LogP contribution in [0.1, 0.15) is 36.8 Å². The molecule has 1 saturated carbocycles. The summed E-state index contributed by atoms with van der Waals surface area (Å²) in [5, 5.41) is 14.7. The number of rotatable bonds is 6. The number of hydrogen-bond acceptors (Lipinski definition) is 5. The van der Waals surface area contributed by atoms with Crippen molar-refractivity contribution >= 4 is 15.7 Å². The minimum Gasteiger partial charge on any atom is -0.314 e. The van der Waals surface area contributed by atoms with E-state index >= 15 is 0 Å². The average molecular weight is 367 g/mol. The molecule has 1 saturated heterocycles. The quantitative estimate of drug-likeness (QED) is 0.615. The fourth-order valence-electron chi connectivity index (χ4n) is 3.39. The lowest BCUT2D eigenvalue weighted by Gasteiger charge is -2.32. The molecule has 1 aromatic rings. The Kier molecular flexibility index (Phi) is 5.13. The van der Waals surface area contributed by atoms with Crippen LogP contribution >= 0.6 is 0 Å². The molecule has 0 aromatic heterocycles. The number of nitrogens with one attached hydrogen (secondary N) is 1. The number of hydrogen-bond donors (Lipinski definition) is 1. The number of nitro groups is 1. The molecular weight excluding hydrogens is 342 g/mol. The van der Waals surface area contributed by atoms with Crippen LogP contribution in [-0.4, -0.2) is 43.3 Å². The Morgan fingerprint density at radius 1 is 1.16 bits per heavy atom. The lowest BCUT2D eigenvalue weighted by Crippen LogP contribution is -2.45. The summed E-state index contributed by atoms with van der Waals surface area (Å²) >= 11 is 0. The first-order chi connectivity index (χ1) is 11.8. The first-order valence-electron chi connectivity index (χ1n) is 8.78. The minimum absolute atomic E-state index is 0.0502. The average Bonchev–Trinajstić information content (AvgIpc) is 3.37. The standard InChI is InChI=1S/C17H25N3O4S/c1-12-9-13(2)17(10-16(12)20(21)22)25(23,24)19-7-5-15(6-8-19)18-11-14-3-4-14/h9-10,14-15,18H,3-8,11H2,1-2H3. The van der Waals surface area contributed by atoms with E-state index < -0.39 is 14.9 Å². The molecule has 1 aliphatic heterocycles. The zero-order chi connectivity index (χ0) is 18.2. The smallest absolute Gasteiger partial charge is 0.273 e. The van der Waals surface area contributed by atoms with Gasteiger partial charge in [0.1, 0.15) is 0 Å². The summed E-state index contributed by atoms with van der Waals surface area (Å²) in [6.07, 6.45) is 4.15. The van der Waals surface area contributed by atoms with E-state index in [0.717, 1.165) is 25.3 Å². The van der Waals surface area contributed by atoms with Crippen molar-refractivity contribution in [2.75, 3.05) is 19.6 Å². The monoisotopic (exact) mass is 367 g/mol. The van der Waals surface area contributed by atoms with Gasteiger partial charge in [0.15, 0.2) is 0 Å². The molecule has 138 valence electrons. The number of nitrogens with zero attached hydrogens (tertiary/aromatic N) is 2. The van der Waals surface area contributed by atoms with E-state index in [9.17, 15) is 18.5 Å². The highest BCUT2D eigenvalue weighted by molar-refractivity contribution is 7.89. The summed E-state index contributed by atoms with van der Waals surface area (Å²) in [6, 6.07) is 3.15. The Bertz CT molecular complexity index is 766. The molecule has 0 spiro atoms. The predicted molar refractivity (Wildman–Crippen MR) is 95.1 cm³/mol. The highest BCUT2D eigenvalue weighted by Crippen LogP contribution is 2.30. The van der Waals surface area contributed by atoms with Gasteiger partial charge in [0, 0.05) is 30.8 Å². The van der Waals surface area contributed by atoms with Gasteiger partial charge in [-0.3, -0.25) is 10.1 Å². The van der Waals surface area contributed by atoms with Crippen LogP contribution in [0.5, 0.6) is 0 Å². The molecule has 1 aliphatic carbocycles. The van der Waals surface area contributed by atoms with Crippen LogP contribution in [0.4, 0.5) is 5.69 Å². The van der Waals surface area contributed by atoms with E-state index in [4.69, 9.17) is 0 Å². The Balaban J connectivity index is 1.73. The fraction of sp³-hybridized carbons (Fsp3) is 0.647. The van der Waals surface area contributed by atoms with E-state index in [1.165, 1.54) is 23.2 Å². The predicted octanol–water partition coefficient (Wildman–Crippen LogP) is 2.36. The highest BCUT2D eigenvalue weighted by atomic mass is 32.2. The molecule has 0 radical (unpaired) electrons. The summed E-state index contributed by atoms with van der Waals surface area (Å²) in [5.74, 6) is 0.803. The van der Waals surface area contributed by atoms with Crippen molar-refractivity contribution in [3.63, 3.8) is 0 Å². The van der Waals surface area contributed by atoms with Crippen molar-refractivity contribution in [2.45, 2.75) is 50.5 Å². The maximum atomic E-state index is 13.0. The Morgan fingerprint density at radius 2 is 1.80 bits per heavy atom. The molecular formula is C17H25N3O4S. The van der Waals surface area contributed by atoms with Crippen LogP contribution in [0.3, 0.4) is 0 Å². The SMILES string of the molecule is Cc1cc(C)c(S(=O)(=O)N2CCC(NCC3CC3)CC2)cc1[N+](=O)[O-]. The van der Waals surface area contributed by atoms with Gasteiger partial charge < -0.3 is 5.32 Å². The van der Waals surface area contributed by atoms with Gasteiger partial charge in [-0.2, -0.15) is 4.31 Å². The molecule has 1 heterocycles. The van der Waals surface area contributed by atoms with Crippen LogP contribution in [0.25, 0.3) is 0 Å². The number of benzene rings is 1. The van der Waals surface area contributed by atoms with Crippen LogP contribution in [-0.2, 0) is 10.0 Å². The third-order valence-corrected chi connectivity index (χ3v) is 7.19. The van der Waals surface area contributed by atoms with Gasteiger partial charge in [0.2, 0.25) is 10.0 Å². The third-order valence-electron chi connectivity index (χ3n) is 5.15. The lowest BCUT2D eigenvalue weighted by atomic mass is 10.1. The molecule has 3 rings (SSSR count). The van der Waals surface area contributed by atoms with Crippen molar-refractivity contribution in [3.8, 4) is 0 Å². The van der Waals surface area contributed by atoms with E-state index in [0.29, 0.717) is 30.3 Å². The van der Waals surface area contributed by atoms with Gasteiger partial charge in [-0.05, 0) is 63.6 Å². The molecule has 1 N–H and O–H groups in total. The fourth-order valence-corrected chi connectivity index (χ4v) is 5.09. The molecule has 2 aliphatic rings. The van der Waals surface area contributed by atoms with E-state index in [1.54, 1.807) is 19.9 Å². The second kappa shape index (κ2) is 7.01. The van der Waals surface area contributed by atoms with Crippen molar-refractivity contribution in [1.29, 1.82) is 0 Å². The number of sulfonamides is 1. The molecule has 7 nitrogen and oxygen atoms in total. The maximum absolute atomic E-state index is 13.0. The van der Waals surface area contributed by atoms with Crippen LogP contribution < -0.4 is 5.32 Å². The van der Waals surface area contributed by atoms with Crippen LogP contribution in [0.2, 0.25) is 0 Å². The lowest BCUT2D eigenvalue weighted by molar-refractivity contribution is -0.385. The third kappa shape index (κ3) is 4.02. The highest BCUT2D eigenvalue weighted by Gasteiger charge is 2.32. The van der Waals surface area contributed by atoms with E-state index in [2.05, 4.69) is 5.32 Å². The first-order valence-corrected chi connectivity index (χ1v) is 10.2. The molecule has 1 aromatic carbocycles. The van der Waals surface area contributed by atoms with Gasteiger partial charge in [-0.1, -0.05) is 0 Å². The normalized spacial score (nSPS) is 19.9. The molecule has 8 heteroatoms. The largest absolute Gasteiger partial charge is 0.314 e. The van der Waals surface area contributed by atoms with E-state index in [1.807, 2.05) is 0 Å². The van der Waals surface area contributed by atoms with Gasteiger partial charge in [-0.15, -0.1) is 0 Å². The second-order valence-electron chi connectivity index (χ2n) is 7.19. The topological polar surface area (TPSA) is 92.6 Å². The molecule has 0 atom stereocenters. The van der Waals surface area contributed by atoms with Crippen LogP contribution in [0.15, 0.2) is 17.0 Å². The summed E-state index contributed by atoms with van der Waals surface area (Å²) in [5.41, 5.74) is 0.881. The summed E-state index contributed by atoms with van der Waals surface area (Å²) in [6.45, 7) is 5.24. The van der Waals surface area contributed by atoms with E-state index in [-0.39, 0.29) is 10.6 Å².